The van der Waals surface area contributed by atoms with Gasteiger partial charge in [0.2, 0.25) is 5.91 Å². The van der Waals surface area contributed by atoms with Gasteiger partial charge in [0.1, 0.15) is 17.1 Å². The summed E-state index contributed by atoms with van der Waals surface area (Å²) >= 11 is 0. The van der Waals surface area contributed by atoms with Crippen molar-refractivity contribution in [1.29, 1.82) is 0 Å². The van der Waals surface area contributed by atoms with Gasteiger partial charge >= 0.3 is 0 Å². The van der Waals surface area contributed by atoms with Gasteiger partial charge in [0.05, 0.1) is 32.8 Å². The van der Waals surface area contributed by atoms with Gasteiger partial charge in [-0.05, 0) is 23.8 Å². The van der Waals surface area contributed by atoms with Crippen molar-refractivity contribution in [1.82, 2.24) is 5.32 Å². The molecule has 2 aromatic rings. The maximum absolute atomic E-state index is 12.7. The van der Waals surface area contributed by atoms with Gasteiger partial charge < -0.3 is 19.5 Å². The average Bonchev–Trinajstić information content (AvgIpc) is 2.69. The summed E-state index contributed by atoms with van der Waals surface area (Å²) in [5.74, 6) is 1.68. The first-order valence-electron chi connectivity index (χ1n) is 9.45. The van der Waals surface area contributed by atoms with Gasteiger partial charge in [-0.3, -0.25) is 4.79 Å². The van der Waals surface area contributed by atoms with E-state index in [0.717, 1.165) is 41.9 Å². The van der Waals surface area contributed by atoms with Crippen LogP contribution in [0.3, 0.4) is 0 Å². The number of carbonyl (C=O) groups is 1. The lowest BCUT2D eigenvalue weighted by Gasteiger charge is -2.44. The fourth-order valence-electron chi connectivity index (χ4n) is 3.97. The van der Waals surface area contributed by atoms with Crippen LogP contribution in [0.4, 0.5) is 0 Å². The number of para-hydroxylation sites is 1. The van der Waals surface area contributed by atoms with Crippen LogP contribution in [0.15, 0.2) is 48.5 Å². The molecule has 0 radical (unpaired) electrons. The fraction of sp³-hybridized carbons (Fsp3) is 0.409. The van der Waals surface area contributed by atoms with Crippen LogP contribution in [0.2, 0.25) is 0 Å². The second kappa shape index (κ2) is 7.61. The summed E-state index contributed by atoms with van der Waals surface area (Å²) in [5.41, 5.74) is 1.78. The Morgan fingerprint density at radius 3 is 2.63 bits per heavy atom. The molecule has 1 atom stereocenters. The van der Waals surface area contributed by atoms with E-state index in [2.05, 4.69) is 5.32 Å². The minimum atomic E-state index is -0.245. The Hall–Kier alpha value is -2.53. The van der Waals surface area contributed by atoms with Crippen LogP contribution < -0.4 is 14.8 Å². The van der Waals surface area contributed by atoms with Gasteiger partial charge in [0.15, 0.2) is 0 Å². The van der Waals surface area contributed by atoms with E-state index in [9.17, 15) is 4.79 Å². The Labute approximate surface area is 159 Å². The average molecular weight is 367 g/mol. The van der Waals surface area contributed by atoms with E-state index in [1.807, 2.05) is 48.5 Å². The number of carbonyl (C=O) groups excluding carboxylic acids is 1. The summed E-state index contributed by atoms with van der Waals surface area (Å²) in [6.45, 7) is 1.41. The molecule has 5 nitrogen and oxygen atoms in total. The zero-order valence-corrected chi connectivity index (χ0v) is 15.6. The molecule has 0 aromatic heterocycles. The normalized spacial score (nSPS) is 20.4. The molecule has 142 valence electrons. The summed E-state index contributed by atoms with van der Waals surface area (Å²) < 4.78 is 17.1. The van der Waals surface area contributed by atoms with Crippen LogP contribution >= 0.6 is 0 Å². The second-order valence-corrected chi connectivity index (χ2v) is 7.28. The number of fused-ring (bicyclic) bond motifs is 1. The molecular weight excluding hydrogens is 342 g/mol. The van der Waals surface area contributed by atoms with E-state index in [-0.39, 0.29) is 17.6 Å². The molecule has 0 bridgehead atoms. The number of benzene rings is 2. The van der Waals surface area contributed by atoms with E-state index in [4.69, 9.17) is 14.2 Å². The van der Waals surface area contributed by atoms with Crippen molar-refractivity contribution in [3.8, 4) is 11.5 Å². The lowest BCUT2D eigenvalue weighted by molar-refractivity contribution is -0.122. The molecule has 4 rings (SSSR count). The van der Waals surface area contributed by atoms with Crippen molar-refractivity contribution in [3.63, 3.8) is 0 Å². The molecule has 0 aliphatic carbocycles. The lowest BCUT2D eigenvalue weighted by Crippen LogP contribution is -2.48. The van der Waals surface area contributed by atoms with Gasteiger partial charge in [-0.15, -0.1) is 0 Å². The number of amides is 1. The number of hydrogen-bond donors (Lipinski definition) is 1. The molecule has 1 fully saturated rings. The fourth-order valence-corrected chi connectivity index (χ4v) is 3.97. The predicted molar refractivity (Wildman–Crippen MR) is 102 cm³/mol. The zero-order chi connectivity index (χ0) is 18.7. The Balaban J connectivity index is 1.49. The zero-order valence-electron chi connectivity index (χ0n) is 15.6. The van der Waals surface area contributed by atoms with Crippen molar-refractivity contribution in [2.75, 3.05) is 20.3 Å². The van der Waals surface area contributed by atoms with Gasteiger partial charge in [-0.2, -0.15) is 0 Å². The molecule has 2 aliphatic rings. The highest BCUT2D eigenvalue weighted by Crippen LogP contribution is 2.43. The number of ether oxygens (including phenoxy) is 3. The van der Waals surface area contributed by atoms with Crippen LogP contribution in [-0.4, -0.2) is 31.8 Å². The van der Waals surface area contributed by atoms with Crippen LogP contribution in [0, 0.1) is 0 Å². The van der Waals surface area contributed by atoms with Crippen molar-refractivity contribution in [3.05, 3.63) is 59.7 Å². The first kappa shape index (κ1) is 17.9. The van der Waals surface area contributed by atoms with Crippen molar-refractivity contribution in [2.24, 2.45) is 0 Å². The summed E-state index contributed by atoms with van der Waals surface area (Å²) in [6, 6.07) is 15.6. The topological polar surface area (TPSA) is 56.8 Å². The van der Waals surface area contributed by atoms with E-state index >= 15 is 0 Å². The maximum Gasteiger partial charge on any atom is 0.224 e. The Bertz CT molecular complexity index is 796. The van der Waals surface area contributed by atoms with Gasteiger partial charge in [0, 0.05) is 24.8 Å². The highest BCUT2D eigenvalue weighted by Gasteiger charge is 2.42. The number of hydrogen-bond acceptors (Lipinski definition) is 4. The molecule has 27 heavy (non-hydrogen) atoms. The van der Waals surface area contributed by atoms with E-state index in [1.165, 1.54) is 0 Å². The Morgan fingerprint density at radius 2 is 1.89 bits per heavy atom. The largest absolute Gasteiger partial charge is 0.497 e. The lowest BCUT2D eigenvalue weighted by atomic mass is 9.82. The van der Waals surface area contributed by atoms with Crippen LogP contribution in [0.1, 0.15) is 36.4 Å². The van der Waals surface area contributed by atoms with Crippen LogP contribution in [0.5, 0.6) is 11.5 Å². The van der Waals surface area contributed by atoms with Crippen molar-refractivity contribution < 1.29 is 19.0 Å². The third kappa shape index (κ3) is 3.93. The molecule has 0 saturated carbocycles. The summed E-state index contributed by atoms with van der Waals surface area (Å²) in [6.07, 6.45) is 2.83. The summed E-state index contributed by atoms with van der Waals surface area (Å²) in [4.78, 5) is 12.7. The van der Waals surface area contributed by atoms with Gasteiger partial charge in [-0.1, -0.05) is 30.3 Å². The monoisotopic (exact) mass is 367 g/mol. The maximum atomic E-state index is 12.7. The molecule has 2 aliphatic heterocycles. The Kier molecular flexibility index (Phi) is 5.03. The number of methoxy groups -OCH3 is 1. The third-order valence-electron chi connectivity index (χ3n) is 5.46. The molecule has 1 N–H and O–H groups in total. The third-order valence-corrected chi connectivity index (χ3v) is 5.46. The Morgan fingerprint density at radius 1 is 1.15 bits per heavy atom. The van der Waals surface area contributed by atoms with Crippen LogP contribution in [-0.2, 0) is 16.0 Å². The minimum Gasteiger partial charge on any atom is -0.497 e. The van der Waals surface area contributed by atoms with Crippen molar-refractivity contribution in [2.45, 2.75) is 37.3 Å². The molecule has 2 aromatic carbocycles. The van der Waals surface area contributed by atoms with Crippen molar-refractivity contribution >= 4 is 5.91 Å². The predicted octanol–water partition coefficient (Wildman–Crippen LogP) is 3.43. The quantitative estimate of drug-likeness (QED) is 0.900. The van der Waals surface area contributed by atoms with E-state index in [0.29, 0.717) is 19.6 Å². The van der Waals surface area contributed by atoms with Gasteiger partial charge in [0.25, 0.3) is 0 Å². The minimum absolute atomic E-state index is 0.0177. The highest BCUT2D eigenvalue weighted by atomic mass is 16.5. The van der Waals surface area contributed by atoms with E-state index < -0.39 is 0 Å². The first-order valence-corrected chi connectivity index (χ1v) is 9.45. The van der Waals surface area contributed by atoms with Gasteiger partial charge in [-0.25, -0.2) is 0 Å². The molecule has 2 heterocycles. The molecule has 1 saturated heterocycles. The standard InChI is InChI=1S/C22H25NO4/c1-25-17-8-6-16(7-9-17)14-21(24)23-19-15-22(10-12-26-13-11-22)27-20-5-3-2-4-18(19)20/h2-9,19H,10-15H2,1H3,(H,23,24). The SMILES string of the molecule is COc1ccc(CC(=O)NC2CC3(CCOCC3)Oc3ccccc32)cc1. The second-order valence-electron chi connectivity index (χ2n) is 7.28. The molecule has 1 unspecified atom stereocenters. The van der Waals surface area contributed by atoms with E-state index in [1.54, 1.807) is 7.11 Å². The number of nitrogens with one attached hydrogen (secondary N) is 1. The summed E-state index contributed by atoms with van der Waals surface area (Å²) in [5, 5.41) is 3.23. The number of rotatable bonds is 4. The smallest absolute Gasteiger partial charge is 0.224 e. The molecule has 5 heteroatoms. The molecular formula is C22H25NO4. The molecule has 1 spiro atoms. The summed E-state index contributed by atoms with van der Waals surface area (Å²) in [7, 11) is 1.64. The molecule has 1 amide bonds. The highest BCUT2D eigenvalue weighted by molar-refractivity contribution is 5.79. The first-order chi connectivity index (χ1) is 13.2. The van der Waals surface area contributed by atoms with Crippen LogP contribution in [0.25, 0.3) is 0 Å².